The lowest BCUT2D eigenvalue weighted by Gasteiger charge is -2.08. The van der Waals surface area contributed by atoms with Crippen LogP contribution in [0.3, 0.4) is 0 Å². The minimum absolute atomic E-state index is 0.0412. The molecule has 0 saturated heterocycles. The van der Waals surface area contributed by atoms with Crippen LogP contribution >= 0.6 is 11.6 Å². The topological polar surface area (TPSA) is 110 Å². The number of sulfonamides is 1. The number of nitriles is 1. The maximum absolute atomic E-state index is 12.0. The second-order valence-corrected chi connectivity index (χ2v) is 6.54. The molecule has 0 fully saturated rings. The van der Waals surface area contributed by atoms with Gasteiger partial charge in [-0.3, -0.25) is 0 Å². The average Bonchev–Trinajstić information content (AvgIpc) is 2.52. The predicted octanol–water partition coefficient (Wildman–Crippen LogP) is 2.22. The van der Waals surface area contributed by atoms with Crippen molar-refractivity contribution in [1.29, 1.82) is 5.26 Å². The zero-order chi connectivity index (χ0) is 17.0. The first-order valence-electron chi connectivity index (χ1n) is 6.30. The van der Waals surface area contributed by atoms with Crippen LogP contribution < -0.4 is 5.14 Å². The number of carbonyl (C=O) groups is 1. The normalized spacial score (nSPS) is 10.8. The van der Waals surface area contributed by atoms with Gasteiger partial charge in [0.05, 0.1) is 27.1 Å². The Hall–Kier alpha value is -2.40. The predicted molar refractivity (Wildman–Crippen MR) is 83.1 cm³/mol. The minimum Gasteiger partial charge on any atom is -0.457 e. The van der Waals surface area contributed by atoms with E-state index in [4.69, 9.17) is 26.7 Å². The summed E-state index contributed by atoms with van der Waals surface area (Å²) >= 11 is 5.89. The van der Waals surface area contributed by atoms with E-state index in [0.717, 1.165) is 6.07 Å². The third kappa shape index (κ3) is 4.29. The molecule has 0 spiro atoms. The van der Waals surface area contributed by atoms with Crippen LogP contribution in [0, 0.1) is 11.3 Å². The van der Waals surface area contributed by atoms with Crippen molar-refractivity contribution in [3.05, 3.63) is 64.2 Å². The lowest BCUT2D eigenvalue weighted by Crippen LogP contribution is -2.14. The number of carbonyl (C=O) groups excluding carboxylic acids is 1. The number of nitrogens with zero attached hydrogens (tertiary/aromatic N) is 1. The van der Waals surface area contributed by atoms with Crippen molar-refractivity contribution in [2.24, 2.45) is 5.14 Å². The van der Waals surface area contributed by atoms with E-state index in [1.165, 1.54) is 12.1 Å². The first kappa shape index (κ1) is 17.0. The summed E-state index contributed by atoms with van der Waals surface area (Å²) in [7, 11) is -3.95. The number of hydrogen-bond donors (Lipinski definition) is 1. The van der Waals surface area contributed by atoms with Gasteiger partial charge in [0, 0.05) is 0 Å². The number of ether oxygens (including phenoxy) is 1. The van der Waals surface area contributed by atoms with Crippen LogP contribution in [0.5, 0.6) is 0 Å². The summed E-state index contributed by atoms with van der Waals surface area (Å²) < 4.78 is 27.7. The highest BCUT2D eigenvalue weighted by molar-refractivity contribution is 7.89. The van der Waals surface area contributed by atoms with Crippen LogP contribution in [0.2, 0.25) is 5.02 Å². The molecule has 0 aliphatic carbocycles. The van der Waals surface area contributed by atoms with E-state index < -0.39 is 16.0 Å². The molecule has 118 valence electrons. The van der Waals surface area contributed by atoms with Crippen molar-refractivity contribution < 1.29 is 17.9 Å². The number of hydrogen-bond acceptors (Lipinski definition) is 5. The molecule has 0 atom stereocenters. The highest BCUT2D eigenvalue weighted by Crippen LogP contribution is 2.21. The maximum atomic E-state index is 12.0. The standard InChI is InChI=1S/C15H11ClN2O4S/c16-14-6-5-12(23(18,20)21)7-13(14)15(19)22-9-11-3-1-10(8-17)2-4-11/h1-7H,9H2,(H2,18,20,21). The molecular weight excluding hydrogens is 340 g/mol. The number of benzene rings is 2. The molecule has 0 aliphatic rings. The lowest BCUT2D eigenvalue weighted by molar-refractivity contribution is 0.0472. The Balaban J connectivity index is 2.15. The Morgan fingerprint density at radius 2 is 1.87 bits per heavy atom. The van der Waals surface area contributed by atoms with Crippen molar-refractivity contribution in [3.8, 4) is 6.07 Å². The van der Waals surface area contributed by atoms with Gasteiger partial charge in [-0.25, -0.2) is 18.4 Å². The van der Waals surface area contributed by atoms with Gasteiger partial charge in [-0.2, -0.15) is 5.26 Å². The fraction of sp³-hybridized carbons (Fsp3) is 0.0667. The summed E-state index contributed by atoms with van der Waals surface area (Å²) in [6.07, 6.45) is 0. The van der Waals surface area contributed by atoms with Gasteiger partial charge in [0.2, 0.25) is 10.0 Å². The van der Waals surface area contributed by atoms with E-state index in [0.29, 0.717) is 11.1 Å². The number of rotatable bonds is 4. The van der Waals surface area contributed by atoms with Gasteiger partial charge in [0.15, 0.2) is 0 Å². The Morgan fingerprint density at radius 1 is 1.22 bits per heavy atom. The van der Waals surface area contributed by atoms with Gasteiger partial charge in [0.1, 0.15) is 6.61 Å². The van der Waals surface area contributed by atoms with Crippen LogP contribution in [0.4, 0.5) is 0 Å². The molecule has 0 unspecified atom stereocenters. The smallest absolute Gasteiger partial charge is 0.340 e. The first-order valence-corrected chi connectivity index (χ1v) is 8.22. The molecule has 8 heteroatoms. The molecule has 0 bridgehead atoms. The molecule has 2 aromatic rings. The van der Waals surface area contributed by atoms with E-state index in [2.05, 4.69) is 0 Å². The number of halogens is 1. The van der Waals surface area contributed by atoms with E-state index >= 15 is 0 Å². The van der Waals surface area contributed by atoms with Crippen molar-refractivity contribution >= 4 is 27.6 Å². The summed E-state index contributed by atoms with van der Waals surface area (Å²) in [4.78, 5) is 11.8. The zero-order valence-electron chi connectivity index (χ0n) is 11.7. The van der Waals surface area contributed by atoms with Crippen molar-refractivity contribution in [3.63, 3.8) is 0 Å². The minimum atomic E-state index is -3.95. The third-order valence-electron chi connectivity index (χ3n) is 2.94. The number of nitrogens with two attached hydrogens (primary N) is 1. The van der Waals surface area contributed by atoms with Crippen LogP contribution in [-0.2, 0) is 21.4 Å². The molecule has 2 aromatic carbocycles. The van der Waals surface area contributed by atoms with Crippen molar-refractivity contribution in [1.82, 2.24) is 0 Å². The number of primary sulfonamides is 1. The molecule has 0 amide bonds. The maximum Gasteiger partial charge on any atom is 0.340 e. The monoisotopic (exact) mass is 350 g/mol. The van der Waals surface area contributed by atoms with Crippen LogP contribution in [-0.4, -0.2) is 14.4 Å². The highest BCUT2D eigenvalue weighted by atomic mass is 35.5. The van der Waals surface area contributed by atoms with Gasteiger partial charge in [0.25, 0.3) is 0 Å². The molecule has 2 N–H and O–H groups in total. The quantitative estimate of drug-likeness (QED) is 0.850. The van der Waals surface area contributed by atoms with Gasteiger partial charge < -0.3 is 4.74 Å². The van der Waals surface area contributed by atoms with Crippen molar-refractivity contribution in [2.75, 3.05) is 0 Å². The first-order chi connectivity index (χ1) is 10.8. The molecular formula is C15H11ClN2O4S. The SMILES string of the molecule is N#Cc1ccc(COC(=O)c2cc(S(N)(=O)=O)ccc2Cl)cc1. The van der Waals surface area contributed by atoms with E-state index in [1.807, 2.05) is 6.07 Å². The summed E-state index contributed by atoms with van der Waals surface area (Å²) in [6, 6.07) is 12.0. The molecule has 0 saturated carbocycles. The van der Waals surface area contributed by atoms with E-state index in [-0.39, 0.29) is 22.1 Å². The van der Waals surface area contributed by atoms with Gasteiger partial charge in [-0.05, 0) is 35.9 Å². The summed E-state index contributed by atoms with van der Waals surface area (Å²) in [5, 5.41) is 13.8. The molecule has 0 radical (unpaired) electrons. The largest absolute Gasteiger partial charge is 0.457 e. The van der Waals surface area contributed by atoms with Crippen molar-refractivity contribution in [2.45, 2.75) is 11.5 Å². The molecule has 0 heterocycles. The Morgan fingerprint density at radius 3 is 2.43 bits per heavy atom. The molecule has 0 aromatic heterocycles. The van der Waals surface area contributed by atoms with E-state index in [9.17, 15) is 13.2 Å². The van der Waals surface area contributed by atoms with Crippen LogP contribution in [0.1, 0.15) is 21.5 Å². The van der Waals surface area contributed by atoms with Gasteiger partial charge >= 0.3 is 5.97 Å². The summed E-state index contributed by atoms with van der Waals surface area (Å²) in [5.41, 5.74) is 1.08. The Kier molecular flexibility index (Phi) is 5.01. The second-order valence-electron chi connectivity index (χ2n) is 4.57. The molecule has 23 heavy (non-hydrogen) atoms. The third-order valence-corrected chi connectivity index (χ3v) is 4.18. The molecule has 2 rings (SSSR count). The average molecular weight is 351 g/mol. The van der Waals surface area contributed by atoms with E-state index in [1.54, 1.807) is 24.3 Å². The molecule has 6 nitrogen and oxygen atoms in total. The second kappa shape index (κ2) is 6.79. The molecule has 0 aliphatic heterocycles. The fourth-order valence-corrected chi connectivity index (χ4v) is 2.47. The Bertz CT molecular complexity index is 887. The van der Waals surface area contributed by atoms with Crippen LogP contribution in [0.25, 0.3) is 0 Å². The summed E-state index contributed by atoms with van der Waals surface area (Å²) in [6.45, 7) is -0.0412. The lowest BCUT2D eigenvalue weighted by atomic mass is 10.1. The summed E-state index contributed by atoms with van der Waals surface area (Å²) in [5.74, 6) is -0.773. The van der Waals surface area contributed by atoms with Crippen LogP contribution in [0.15, 0.2) is 47.4 Å². The van der Waals surface area contributed by atoms with Gasteiger partial charge in [-0.1, -0.05) is 23.7 Å². The fourth-order valence-electron chi connectivity index (χ4n) is 1.74. The zero-order valence-corrected chi connectivity index (χ0v) is 13.3. The van der Waals surface area contributed by atoms with Gasteiger partial charge in [-0.15, -0.1) is 0 Å². The Labute approximate surface area is 138 Å². The highest BCUT2D eigenvalue weighted by Gasteiger charge is 2.17. The number of esters is 1.